The van der Waals surface area contributed by atoms with Crippen LogP contribution >= 0.6 is 0 Å². The maximum atomic E-state index is 5.51. The molecule has 0 bridgehead atoms. The summed E-state index contributed by atoms with van der Waals surface area (Å²) in [5, 5.41) is 0. The van der Waals surface area contributed by atoms with E-state index in [-0.39, 0.29) is 0 Å². The molecule has 3 nitrogen and oxygen atoms in total. The van der Waals surface area contributed by atoms with E-state index in [0.29, 0.717) is 0 Å². The lowest BCUT2D eigenvalue weighted by Gasteiger charge is -2.40. The highest BCUT2D eigenvalue weighted by Crippen LogP contribution is 2.27. The third kappa shape index (κ3) is 3.34. The van der Waals surface area contributed by atoms with Gasteiger partial charge < -0.3 is 14.5 Å². The zero-order chi connectivity index (χ0) is 14.7. The molecule has 1 aromatic rings. The number of nitrogens with zero attached hydrogens (tertiary/aromatic N) is 1. The van der Waals surface area contributed by atoms with Crippen molar-refractivity contribution >= 4 is 5.69 Å². The predicted molar refractivity (Wildman–Crippen MR) is 87.3 cm³/mol. The van der Waals surface area contributed by atoms with Crippen molar-refractivity contribution in [2.45, 2.75) is 38.6 Å². The first-order valence-corrected chi connectivity index (χ1v) is 8.50. The molecule has 0 unspecified atom stereocenters. The number of benzene rings is 1. The fourth-order valence-corrected chi connectivity index (χ4v) is 4.00. The van der Waals surface area contributed by atoms with Gasteiger partial charge in [0.2, 0.25) is 0 Å². The van der Waals surface area contributed by atoms with Crippen molar-refractivity contribution in [1.29, 1.82) is 0 Å². The van der Waals surface area contributed by atoms with E-state index in [1.54, 1.807) is 7.11 Å². The number of piperazine rings is 1. The van der Waals surface area contributed by atoms with Gasteiger partial charge in [-0.25, -0.2) is 0 Å². The second kappa shape index (κ2) is 6.69. The van der Waals surface area contributed by atoms with Gasteiger partial charge in [0.15, 0.2) is 0 Å². The van der Waals surface area contributed by atoms with E-state index in [4.69, 9.17) is 4.74 Å². The normalized spacial score (nSPS) is 27.6. The van der Waals surface area contributed by atoms with Crippen LogP contribution in [0, 0.1) is 5.92 Å². The van der Waals surface area contributed by atoms with Crippen molar-refractivity contribution < 1.29 is 9.64 Å². The van der Waals surface area contributed by atoms with Crippen molar-refractivity contribution in [3.63, 3.8) is 0 Å². The maximum Gasteiger partial charge on any atom is 0.142 e. The third-order valence-corrected chi connectivity index (χ3v) is 5.42. The van der Waals surface area contributed by atoms with E-state index in [2.05, 4.69) is 30.0 Å². The highest BCUT2D eigenvalue weighted by molar-refractivity contribution is 5.58. The minimum absolute atomic E-state index is 0.918. The summed E-state index contributed by atoms with van der Waals surface area (Å²) in [6, 6.07) is 9.33. The van der Waals surface area contributed by atoms with Crippen LogP contribution in [0.1, 0.15) is 32.6 Å². The summed E-state index contributed by atoms with van der Waals surface area (Å²) in [7, 11) is 1.77. The number of rotatable bonds is 3. The molecular weight excluding hydrogens is 260 g/mol. The van der Waals surface area contributed by atoms with Gasteiger partial charge in [-0.05, 0) is 43.7 Å². The predicted octanol–water partition coefficient (Wildman–Crippen LogP) is 1.98. The molecule has 0 spiro atoms. The standard InChI is InChI=1S/C18H28N2O/c1-15-7-9-16(10-8-15)19-11-13-20(14-12-19)17-5-3-4-6-18(17)21-2/h3-6,15-16H,7-14H2,1-2H3/p+1. The Morgan fingerprint density at radius 3 is 2.38 bits per heavy atom. The maximum absolute atomic E-state index is 5.51. The summed E-state index contributed by atoms with van der Waals surface area (Å²) >= 11 is 0. The number of nitrogens with one attached hydrogen (secondary N) is 1. The molecule has 1 saturated carbocycles. The van der Waals surface area contributed by atoms with Crippen molar-refractivity contribution in [1.82, 2.24) is 0 Å². The van der Waals surface area contributed by atoms with Gasteiger partial charge in [0.05, 0.1) is 45.0 Å². The Morgan fingerprint density at radius 2 is 1.71 bits per heavy atom. The summed E-state index contributed by atoms with van der Waals surface area (Å²) in [5.41, 5.74) is 1.26. The number of hydrogen-bond donors (Lipinski definition) is 1. The molecule has 1 aliphatic heterocycles. The molecule has 3 rings (SSSR count). The van der Waals surface area contributed by atoms with E-state index in [0.717, 1.165) is 30.8 Å². The van der Waals surface area contributed by atoms with Gasteiger partial charge in [0, 0.05) is 0 Å². The van der Waals surface area contributed by atoms with Crippen LogP contribution in [0.3, 0.4) is 0 Å². The van der Waals surface area contributed by atoms with E-state index < -0.39 is 0 Å². The molecule has 1 heterocycles. The Bertz CT molecular complexity index is 446. The van der Waals surface area contributed by atoms with E-state index in [1.807, 2.05) is 11.0 Å². The average Bonchev–Trinajstić information content (AvgIpc) is 2.56. The number of anilines is 1. The Labute approximate surface area is 128 Å². The SMILES string of the molecule is COc1ccccc1N1CC[NH+](C2CCC(C)CC2)CC1. The zero-order valence-electron chi connectivity index (χ0n) is 13.5. The van der Waals surface area contributed by atoms with Gasteiger partial charge in [-0.2, -0.15) is 0 Å². The molecule has 1 N–H and O–H groups in total. The van der Waals surface area contributed by atoms with Gasteiger partial charge in [0.25, 0.3) is 0 Å². The molecule has 2 fully saturated rings. The minimum atomic E-state index is 0.918. The lowest BCUT2D eigenvalue weighted by molar-refractivity contribution is -0.927. The highest BCUT2D eigenvalue weighted by atomic mass is 16.5. The molecule has 0 amide bonds. The lowest BCUT2D eigenvalue weighted by atomic mass is 9.86. The van der Waals surface area contributed by atoms with Crippen molar-refractivity contribution in [3.05, 3.63) is 24.3 Å². The molecule has 116 valence electrons. The minimum Gasteiger partial charge on any atom is -0.495 e. The highest BCUT2D eigenvalue weighted by Gasteiger charge is 2.30. The molecule has 1 aliphatic carbocycles. The summed E-state index contributed by atoms with van der Waals surface area (Å²) < 4.78 is 5.51. The van der Waals surface area contributed by atoms with Gasteiger partial charge in [-0.1, -0.05) is 19.1 Å². The van der Waals surface area contributed by atoms with Crippen molar-refractivity contribution in [2.24, 2.45) is 5.92 Å². The van der Waals surface area contributed by atoms with Gasteiger partial charge in [-0.3, -0.25) is 0 Å². The second-order valence-corrected chi connectivity index (χ2v) is 6.77. The number of ether oxygens (including phenoxy) is 1. The van der Waals surface area contributed by atoms with Crippen LogP contribution in [0.2, 0.25) is 0 Å². The number of quaternary nitrogens is 1. The second-order valence-electron chi connectivity index (χ2n) is 6.77. The number of methoxy groups -OCH3 is 1. The van der Waals surface area contributed by atoms with Gasteiger partial charge >= 0.3 is 0 Å². The molecule has 3 heteroatoms. The molecular formula is C18H29N2O+. The van der Waals surface area contributed by atoms with Gasteiger partial charge in [0.1, 0.15) is 5.75 Å². The van der Waals surface area contributed by atoms with Crippen LogP contribution < -0.4 is 14.5 Å². The Morgan fingerprint density at radius 1 is 1.05 bits per heavy atom. The number of hydrogen-bond acceptors (Lipinski definition) is 2. The Balaban J connectivity index is 1.57. The van der Waals surface area contributed by atoms with Crippen LogP contribution in [-0.4, -0.2) is 39.3 Å². The molecule has 0 atom stereocenters. The lowest BCUT2D eigenvalue weighted by Crippen LogP contribution is -3.18. The van der Waals surface area contributed by atoms with Crippen LogP contribution in [0.15, 0.2) is 24.3 Å². The summed E-state index contributed by atoms with van der Waals surface area (Å²) in [5.74, 6) is 1.96. The molecule has 0 radical (unpaired) electrons. The van der Waals surface area contributed by atoms with E-state index in [1.165, 1.54) is 44.5 Å². The fraction of sp³-hybridized carbons (Fsp3) is 0.667. The van der Waals surface area contributed by atoms with E-state index in [9.17, 15) is 0 Å². The van der Waals surface area contributed by atoms with Crippen molar-refractivity contribution in [2.75, 3.05) is 38.2 Å². The Hall–Kier alpha value is -1.22. The first-order chi connectivity index (χ1) is 10.3. The number of para-hydroxylation sites is 2. The molecule has 1 aromatic carbocycles. The van der Waals surface area contributed by atoms with Crippen LogP contribution in [-0.2, 0) is 0 Å². The molecule has 21 heavy (non-hydrogen) atoms. The van der Waals surface area contributed by atoms with Crippen LogP contribution in [0.5, 0.6) is 5.75 Å². The largest absolute Gasteiger partial charge is 0.495 e. The van der Waals surface area contributed by atoms with Crippen LogP contribution in [0.25, 0.3) is 0 Å². The quantitative estimate of drug-likeness (QED) is 0.916. The fourth-order valence-electron chi connectivity index (χ4n) is 4.00. The Kier molecular flexibility index (Phi) is 4.69. The summed E-state index contributed by atoms with van der Waals surface area (Å²) in [6.45, 7) is 7.27. The first-order valence-electron chi connectivity index (χ1n) is 8.50. The molecule has 2 aliphatic rings. The topological polar surface area (TPSA) is 16.9 Å². The zero-order valence-corrected chi connectivity index (χ0v) is 13.5. The first kappa shape index (κ1) is 14.7. The van der Waals surface area contributed by atoms with Crippen molar-refractivity contribution in [3.8, 4) is 5.75 Å². The van der Waals surface area contributed by atoms with E-state index >= 15 is 0 Å². The summed E-state index contributed by atoms with van der Waals surface area (Å²) in [6.07, 6.45) is 5.74. The van der Waals surface area contributed by atoms with Crippen LogP contribution in [0.4, 0.5) is 5.69 Å². The third-order valence-electron chi connectivity index (χ3n) is 5.42. The summed E-state index contributed by atoms with van der Waals surface area (Å²) in [4.78, 5) is 4.33. The monoisotopic (exact) mass is 289 g/mol. The molecule has 1 saturated heterocycles. The average molecular weight is 289 g/mol. The van der Waals surface area contributed by atoms with Gasteiger partial charge in [-0.15, -0.1) is 0 Å². The smallest absolute Gasteiger partial charge is 0.142 e. The molecule has 0 aromatic heterocycles.